The fourth-order valence-corrected chi connectivity index (χ4v) is 1.29. The number of nitrogens with one attached hydrogen (secondary N) is 2. The van der Waals surface area contributed by atoms with E-state index < -0.39 is 30.5 Å². The first-order valence-corrected chi connectivity index (χ1v) is 4.54. The van der Waals surface area contributed by atoms with Crippen molar-refractivity contribution < 1.29 is 19.5 Å². The molecule has 0 aromatic carbocycles. The minimum atomic E-state index is -1.10. The van der Waals surface area contributed by atoms with Gasteiger partial charge in [0.25, 0.3) is 0 Å². The Morgan fingerprint density at radius 3 is 2.73 bits per heavy atom. The Balaban J connectivity index is 2.47. The van der Waals surface area contributed by atoms with Crippen molar-refractivity contribution in [2.45, 2.75) is 24.9 Å². The van der Waals surface area contributed by atoms with Crippen LogP contribution in [0.2, 0.25) is 0 Å². The first kappa shape index (κ1) is 11.4. The Morgan fingerprint density at radius 1 is 1.67 bits per heavy atom. The molecule has 1 heterocycles. The molecule has 15 heavy (non-hydrogen) atoms. The second-order valence-corrected chi connectivity index (χ2v) is 3.30. The van der Waals surface area contributed by atoms with Crippen LogP contribution in [0.4, 0.5) is 0 Å². The average molecular weight is 215 g/mol. The molecule has 1 aliphatic heterocycles. The fraction of sp³-hybridized carbons (Fsp3) is 0.625. The summed E-state index contributed by atoms with van der Waals surface area (Å²) in [5, 5.41) is 13.4. The normalized spacial score (nSPS) is 21.9. The smallest absolute Gasteiger partial charge is 0.243 e. The summed E-state index contributed by atoms with van der Waals surface area (Å²) in [6, 6.07) is -1.74. The van der Waals surface area contributed by atoms with Crippen molar-refractivity contribution in [1.82, 2.24) is 10.6 Å². The summed E-state index contributed by atoms with van der Waals surface area (Å²) in [5.74, 6) is -1.51. The van der Waals surface area contributed by atoms with Crippen LogP contribution in [0.25, 0.3) is 0 Å². The summed E-state index contributed by atoms with van der Waals surface area (Å²) in [4.78, 5) is 32.9. The van der Waals surface area contributed by atoms with E-state index >= 15 is 0 Å². The van der Waals surface area contributed by atoms with Gasteiger partial charge >= 0.3 is 0 Å². The summed E-state index contributed by atoms with van der Waals surface area (Å²) in [6.07, 6.45) is 0.681. The summed E-state index contributed by atoms with van der Waals surface area (Å²) in [7, 11) is 0. The highest BCUT2D eigenvalue weighted by molar-refractivity contribution is 5.93. The van der Waals surface area contributed by atoms with Crippen LogP contribution in [0.15, 0.2) is 0 Å². The van der Waals surface area contributed by atoms with Crippen LogP contribution in [0.5, 0.6) is 0 Å². The molecule has 7 nitrogen and oxygen atoms in total. The Bertz CT molecular complexity index is 292. The molecule has 0 unspecified atom stereocenters. The van der Waals surface area contributed by atoms with Gasteiger partial charge in [0.15, 0.2) is 0 Å². The van der Waals surface area contributed by atoms with E-state index in [2.05, 4.69) is 10.6 Å². The predicted molar refractivity (Wildman–Crippen MR) is 49.4 cm³/mol. The maximum Gasteiger partial charge on any atom is 0.243 e. The zero-order chi connectivity index (χ0) is 11.4. The molecule has 1 rings (SSSR count). The highest BCUT2D eigenvalue weighted by atomic mass is 16.3. The highest BCUT2D eigenvalue weighted by Crippen LogP contribution is 2.06. The molecule has 1 aliphatic rings. The molecule has 1 fully saturated rings. The van der Waals surface area contributed by atoms with Gasteiger partial charge in [-0.15, -0.1) is 0 Å². The Hall–Kier alpha value is -1.63. The lowest BCUT2D eigenvalue weighted by Crippen LogP contribution is -2.52. The molecule has 3 amide bonds. The number of nitrogens with two attached hydrogens (primary N) is 1. The first-order chi connectivity index (χ1) is 7.04. The molecule has 0 saturated carbocycles. The summed E-state index contributed by atoms with van der Waals surface area (Å²) in [6.45, 7) is -0.554. The number of hydrogen-bond acceptors (Lipinski definition) is 4. The molecule has 2 atom stereocenters. The maximum absolute atomic E-state index is 11.4. The minimum Gasteiger partial charge on any atom is -0.394 e. The van der Waals surface area contributed by atoms with Gasteiger partial charge < -0.3 is 21.5 Å². The zero-order valence-electron chi connectivity index (χ0n) is 8.03. The molecule has 0 aliphatic carbocycles. The second kappa shape index (κ2) is 4.74. The zero-order valence-corrected chi connectivity index (χ0v) is 8.03. The van der Waals surface area contributed by atoms with Crippen molar-refractivity contribution in [2.75, 3.05) is 6.61 Å². The molecule has 0 spiro atoms. The lowest BCUT2D eigenvalue weighted by atomic mass is 10.2. The van der Waals surface area contributed by atoms with Crippen LogP contribution >= 0.6 is 0 Å². The number of rotatable bonds is 4. The third kappa shape index (κ3) is 2.91. The lowest BCUT2D eigenvalue weighted by molar-refractivity contribution is -0.130. The van der Waals surface area contributed by atoms with Gasteiger partial charge in [-0.2, -0.15) is 0 Å². The van der Waals surface area contributed by atoms with Crippen LogP contribution in [-0.2, 0) is 14.4 Å². The van der Waals surface area contributed by atoms with E-state index in [0.29, 0.717) is 12.8 Å². The minimum absolute atomic E-state index is 0.199. The Labute approximate surface area is 86.0 Å². The SMILES string of the molecule is NC(=O)[C@H](CO)NC(=O)[C@@H]1CCC(=O)N1. The third-order valence-electron chi connectivity index (χ3n) is 2.15. The standard InChI is InChI=1S/C8H13N3O4/c9-7(14)5(3-12)11-8(15)4-1-2-6(13)10-4/h4-5,12H,1-3H2,(H2,9,14)(H,10,13)(H,11,15)/t4-,5-/m0/s1. The molecule has 5 N–H and O–H groups in total. The van der Waals surface area contributed by atoms with Gasteiger partial charge in [-0.1, -0.05) is 0 Å². The summed E-state index contributed by atoms with van der Waals surface area (Å²) >= 11 is 0. The number of aliphatic hydroxyl groups is 1. The van der Waals surface area contributed by atoms with Gasteiger partial charge in [-0.05, 0) is 6.42 Å². The van der Waals surface area contributed by atoms with Crippen molar-refractivity contribution in [2.24, 2.45) is 5.73 Å². The van der Waals surface area contributed by atoms with Crippen LogP contribution < -0.4 is 16.4 Å². The number of carbonyl (C=O) groups is 3. The fourth-order valence-electron chi connectivity index (χ4n) is 1.29. The second-order valence-electron chi connectivity index (χ2n) is 3.30. The molecular formula is C8H13N3O4. The molecule has 84 valence electrons. The maximum atomic E-state index is 11.4. The van der Waals surface area contributed by atoms with E-state index in [1.807, 2.05) is 0 Å². The lowest BCUT2D eigenvalue weighted by Gasteiger charge is -2.15. The van der Waals surface area contributed by atoms with Gasteiger partial charge in [0.2, 0.25) is 17.7 Å². The van der Waals surface area contributed by atoms with Crippen molar-refractivity contribution in [3.05, 3.63) is 0 Å². The van der Waals surface area contributed by atoms with Crippen molar-refractivity contribution in [3.63, 3.8) is 0 Å². The number of amides is 3. The third-order valence-corrected chi connectivity index (χ3v) is 2.15. The number of carbonyl (C=O) groups excluding carboxylic acids is 3. The van der Waals surface area contributed by atoms with Crippen LogP contribution in [0.3, 0.4) is 0 Å². The van der Waals surface area contributed by atoms with E-state index in [1.54, 1.807) is 0 Å². The van der Waals surface area contributed by atoms with E-state index in [9.17, 15) is 14.4 Å². The van der Waals surface area contributed by atoms with E-state index in [4.69, 9.17) is 10.8 Å². The first-order valence-electron chi connectivity index (χ1n) is 4.54. The molecule has 0 bridgehead atoms. The van der Waals surface area contributed by atoms with Gasteiger partial charge in [0, 0.05) is 6.42 Å². The number of primary amides is 1. The van der Waals surface area contributed by atoms with Gasteiger partial charge in [0.1, 0.15) is 12.1 Å². The van der Waals surface area contributed by atoms with Crippen molar-refractivity contribution in [3.8, 4) is 0 Å². The molecule has 1 saturated heterocycles. The van der Waals surface area contributed by atoms with E-state index in [-0.39, 0.29) is 5.91 Å². The molecule has 0 aromatic rings. The van der Waals surface area contributed by atoms with E-state index in [0.717, 1.165) is 0 Å². The Morgan fingerprint density at radius 2 is 2.33 bits per heavy atom. The predicted octanol–water partition coefficient (Wildman–Crippen LogP) is -2.77. The van der Waals surface area contributed by atoms with E-state index in [1.165, 1.54) is 0 Å². The molecule has 0 radical (unpaired) electrons. The molecular weight excluding hydrogens is 202 g/mol. The van der Waals surface area contributed by atoms with Crippen molar-refractivity contribution in [1.29, 1.82) is 0 Å². The Kier molecular flexibility index (Phi) is 3.62. The average Bonchev–Trinajstić information content (AvgIpc) is 2.60. The van der Waals surface area contributed by atoms with Gasteiger partial charge in [-0.3, -0.25) is 14.4 Å². The monoisotopic (exact) mass is 215 g/mol. The number of hydrogen-bond donors (Lipinski definition) is 4. The van der Waals surface area contributed by atoms with Gasteiger partial charge in [0.05, 0.1) is 6.61 Å². The highest BCUT2D eigenvalue weighted by Gasteiger charge is 2.29. The summed E-state index contributed by atoms with van der Waals surface area (Å²) < 4.78 is 0. The van der Waals surface area contributed by atoms with Gasteiger partial charge in [-0.25, -0.2) is 0 Å². The van der Waals surface area contributed by atoms with Crippen LogP contribution in [0.1, 0.15) is 12.8 Å². The van der Waals surface area contributed by atoms with Crippen LogP contribution in [-0.4, -0.2) is 41.5 Å². The summed E-state index contributed by atoms with van der Waals surface area (Å²) in [5.41, 5.74) is 4.92. The topological polar surface area (TPSA) is 122 Å². The quantitative estimate of drug-likeness (QED) is 0.405. The van der Waals surface area contributed by atoms with Crippen molar-refractivity contribution >= 4 is 17.7 Å². The molecule has 7 heteroatoms. The largest absolute Gasteiger partial charge is 0.394 e. The molecule has 0 aromatic heterocycles. The van der Waals surface area contributed by atoms with Crippen LogP contribution in [0, 0.1) is 0 Å². The number of aliphatic hydroxyl groups excluding tert-OH is 1.